The van der Waals surface area contributed by atoms with Crippen LogP contribution >= 0.6 is 0 Å². The number of piperidine rings is 1. The Morgan fingerprint density at radius 2 is 1.85 bits per heavy atom. The second kappa shape index (κ2) is 7.60. The normalized spacial score (nSPS) is 17.3. The second-order valence-corrected chi connectivity index (χ2v) is 7.77. The summed E-state index contributed by atoms with van der Waals surface area (Å²) in [6, 6.07) is -0.234. The average Bonchev–Trinajstić information content (AvgIpc) is 3.30. The Morgan fingerprint density at radius 3 is 2.42 bits per heavy atom. The van der Waals surface area contributed by atoms with Crippen molar-refractivity contribution in [2.45, 2.75) is 71.3 Å². The zero-order valence-electron chi connectivity index (χ0n) is 16.3. The number of hydrogen-bond acceptors (Lipinski definition) is 5. The van der Waals surface area contributed by atoms with Gasteiger partial charge in [-0.3, -0.25) is 4.79 Å². The number of carbonyl (C=O) groups is 1. The lowest BCUT2D eigenvalue weighted by molar-refractivity contribution is -0.135. The zero-order valence-corrected chi connectivity index (χ0v) is 16.3. The molecule has 2 aromatic heterocycles. The van der Waals surface area contributed by atoms with Gasteiger partial charge in [-0.2, -0.15) is 4.98 Å². The van der Waals surface area contributed by atoms with Crippen molar-refractivity contribution in [3.8, 4) is 0 Å². The minimum atomic E-state index is -0.234. The summed E-state index contributed by atoms with van der Waals surface area (Å²) < 4.78 is 7.42. The summed E-state index contributed by atoms with van der Waals surface area (Å²) >= 11 is 0. The molecule has 142 valence electrons. The molecule has 7 heteroatoms. The van der Waals surface area contributed by atoms with Gasteiger partial charge in [0.15, 0.2) is 5.82 Å². The number of carbonyl (C=O) groups excluding carboxylic acids is 1. The molecule has 1 fully saturated rings. The van der Waals surface area contributed by atoms with Crippen molar-refractivity contribution >= 4 is 5.91 Å². The third-order valence-corrected chi connectivity index (χ3v) is 5.12. The fraction of sp³-hybridized carbons (Fsp3) is 0.684. The highest BCUT2D eigenvalue weighted by Gasteiger charge is 2.30. The number of nitrogens with zero attached hydrogens (tertiary/aromatic N) is 5. The fourth-order valence-corrected chi connectivity index (χ4v) is 3.48. The van der Waals surface area contributed by atoms with E-state index in [4.69, 9.17) is 4.52 Å². The van der Waals surface area contributed by atoms with E-state index in [1.54, 1.807) is 6.20 Å². The number of amides is 1. The quantitative estimate of drug-likeness (QED) is 0.817. The van der Waals surface area contributed by atoms with E-state index >= 15 is 0 Å². The summed E-state index contributed by atoms with van der Waals surface area (Å²) in [7, 11) is 0. The monoisotopic (exact) mass is 359 g/mol. The lowest BCUT2D eigenvalue weighted by atomic mass is 9.96. The first-order valence-corrected chi connectivity index (χ1v) is 9.53. The van der Waals surface area contributed by atoms with Gasteiger partial charge in [0.25, 0.3) is 0 Å². The zero-order chi connectivity index (χ0) is 18.8. The molecule has 1 aliphatic rings. The van der Waals surface area contributed by atoms with Crippen molar-refractivity contribution in [1.82, 2.24) is 24.6 Å². The first kappa shape index (κ1) is 18.6. The summed E-state index contributed by atoms with van der Waals surface area (Å²) in [6.45, 7) is 11.7. The number of rotatable bonds is 5. The Balaban J connectivity index is 1.62. The van der Waals surface area contributed by atoms with E-state index in [1.165, 1.54) is 0 Å². The summed E-state index contributed by atoms with van der Waals surface area (Å²) in [4.78, 5) is 23.8. The topological polar surface area (TPSA) is 77.0 Å². The molecule has 7 nitrogen and oxygen atoms in total. The van der Waals surface area contributed by atoms with Crippen LogP contribution in [0.1, 0.15) is 88.8 Å². The van der Waals surface area contributed by atoms with Gasteiger partial charge in [-0.1, -0.05) is 32.9 Å². The maximum atomic E-state index is 12.9. The number of likely N-dealkylation sites (tertiary alicyclic amines) is 1. The van der Waals surface area contributed by atoms with Crippen LogP contribution in [0.4, 0.5) is 0 Å². The molecule has 0 N–H and O–H groups in total. The van der Waals surface area contributed by atoms with E-state index in [9.17, 15) is 4.79 Å². The van der Waals surface area contributed by atoms with Gasteiger partial charge >= 0.3 is 0 Å². The third kappa shape index (κ3) is 3.66. The molecule has 0 bridgehead atoms. The molecule has 0 unspecified atom stereocenters. The molecule has 1 aliphatic heterocycles. The van der Waals surface area contributed by atoms with Crippen molar-refractivity contribution < 1.29 is 9.32 Å². The van der Waals surface area contributed by atoms with Crippen LogP contribution in [0, 0.1) is 0 Å². The van der Waals surface area contributed by atoms with Crippen molar-refractivity contribution in [3.63, 3.8) is 0 Å². The van der Waals surface area contributed by atoms with E-state index in [-0.39, 0.29) is 23.8 Å². The van der Waals surface area contributed by atoms with E-state index < -0.39 is 0 Å². The molecule has 1 amide bonds. The third-order valence-electron chi connectivity index (χ3n) is 5.12. The highest BCUT2D eigenvalue weighted by molar-refractivity contribution is 5.80. The van der Waals surface area contributed by atoms with Gasteiger partial charge in [0.1, 0.15) is 11.9 Å². The number of imidazole rings is 1. The van der Waals surface area contributed by atoms with Crippen molar-refractivity contribution in [1.29, 1.82) is 0 Å². The molecule has 0 aliphatic carbocycles. The Hall–Kier alpha value is -2.18. The van der Waals surface area contributed by atoms with E-state index in [2.05, 4.69) is 42.8 Å². The van der Waals surface area contributed by atoms with Crippen LogP contribution < -0.4 is 0 Å². The van der Waals surface area contributed by atoms with E-state index in [0.717, 1.165) is 37.6 Å². The first-order chi connectivity index (χ1) is 12.4. The Labute approximate surface area is 154 Å². The van der Waals surface area contributed by atoms with Gasteiger partial charge < -0.3 is 14.0 Å². The van der Waals surface area contributed by atoms with Crippen LogP contribution in [0.3, 0.4) is 0 Å². The van der Waals surface area contributed by atoms with Gasteiger partial charge in [-0.05, 0) is 19.8 Å². The standard InChI is InChI=1S/C19H29N5O2/c1-12(2)16-21-18(26-22-16)15-6-9-23(10-7-15)19(25)14(5)24-11-8-20-17(24)13(3)4/h8,11-15H,6-7,9-10H2,1-5H3/t14-/m0/s1. The molecule has 3 heterocycles. The maximum Gasteiger partial charge on any atom is 0.245 e. The number of aromatic nitrogens is 4. The first-order valence-electron chi connectivity index (χ1n) is 9.53. The predicted molar refractivity (Wildman–Crippen MR) is 98.0 cm³/mol. The van der Waals surface area contributed by atoms with Crippen LogP contribution in [0.25, 0.3) is 0 Å². The molecule has 0 aromatic carbocycles. The van der Waals surface area contributed by atoms with Gasteiger partial charge in [-0.25, -0.2) is 4.98 Å². The lowest BCUT2D eigenvalue weighted by Gasteiger charge is -2.33. The second-order valence-electron chi connectivity index (χ2n) is 7.77. The predicted octanol–water partition coefficient (Wildman–Crippen LogP) is 3.48. The summed E-state index contributed by atoms with van der Waals surface area (Å²) in [6.07, 6.45) is 5.39. The summed E-state index contributed by atoms with van der Waals surface area (Å²) in [5, 5.41) is 4.06. The molecule has 0 saturated carbocycles. The van der Waals surface area contributed by atoms with Crippen LogP contribution in [0.15, 0.2) is 16.9 Å². The molecule has 2 aromatic rings. The van der Waals surface area contributed by atoms with Crippen LogP contribution in [0.5, 0.6) is 0 Å². The smallest absolute Gasteiger partial charge is 0.245 e. The molecular formula is C19H29N5O2. The fourth-order valence-electron chi connectivity index (χ4n) is 3.48. The van der Waals surface area contributed by atoms with Gasteiger partial charge in [0, 0.05) is 43.2 Å². The average molecular weight is 359 g/mol. The minimum Gasteiger partial charge on any atom is -0.341 e. The Kier molecular flexibility index (Phi) is 5.44. The van der Waals surface area contributed by atoms with Crippen LogP contribution in [-0.2, 0) is 4.79 Å². The summed E-state index contributed by atoms with van der Waals surface area (Å²) in [5.74, 6) is 3.37. The number of hydrogen-bond donors (Lipinski definition) is 0. The Bertz CT molecular complexity index is 741. The van der Waals surface area contributed by atoms with Gasteiger partial charge in [0.2, 0.25) is 11.8 Å². The Morgan fingerprint density at radius 1 is 1.15 bits per heavy atom. The molecule has 1 atom stereocenters. The molecular weight excluding hydrogens is 330 g/mol. The molecule has 0 radical (unpaired) electrons. The molecule has 3 rings (SSSR count). The van der Waals surface area contributed by atoms with Crippen molar-refractivity contribution in [2.24, 2.45) is 0 Å². The molecule has 0 spiro atoms. The minimum absolute atomic E-state index is 0.150. The summed E-state index contributed by atoms with van der Waals surface area (Å²) in [5.41, 5.74) is 0. The molecule has 1 saturated heterocycles. The van der Waals surface area contributed by atoms with E-state index in [1.807, 2.05) is 22.6 Å². The van der Waals surface area contributed by atoms with Crippen molar-refractivity contribution in [2.75, 3.05) is 13.1 Å². The lowest BCUT2D eigenvalue weighted by Crippen LogP contribution is -2.41. The van der Waals surface area contributed by atoms with Crippen LogP contribution in [0.2, 0.25) is 0 Å². The van der Waals surface area contributed by atoms with Gasteiger partial charge in [0.05, 0.1) is 0 Å². The highest BCUT2D eigenvalue weighted by Crippen LogP contribution is 2.29. The van der Waals surface area contributed by atoms with Crippen molar-refractivity contribution in [3.05, 3.63) is 29.9 Å². The largest absolute Gasteiger partial charge is 0.341 e. The van der Waals surface area contributed by atoms with Crippen LogP contribution in [-0.4, -0.2) is 43.6 Å². The maximum absolute atomic E-state index is 12.9. The highest BCUT2D eigenvalue weighted by atomic mass is 16.5. The van der Waals surface area contributed by atoms with Gasteiger partial charge in [-0.15, -0.1) is 0 Å². The SMILES string of the molecule is CC(C)c1noc(C2CCN(C(=O)[C@H](C)n3ccnc3C(C)C)CC2)n1. The molecule has 26 heavy (non-hydrogen) atoms. The van der Waals surface area contributed by atoms with E-state index in [0.29, 0.717) is 11.8 Å².